The molecule has 2 aromatic heterocycles. The number of hydrogen-bond acceptors (Lipinski definition) is 4. The van der Waals surface area contributed by atoms with Crippen molar-refractivity contribution in [3.05, 3.63) is 45.1 Å². The summed E-state index contributed by atoms with van der Waals surface area (Å²) in [6.07, 6.45) is 5.71. The molecular formula is C15H19N3OS. The number of hydrogen-bond donors (Lipinski definition) is 1. The van der Waals surface area contributed by atoms with Crippen molar-refractivity contribution in [2.45, 2.75) is 38.8 Å². The third-order valence-corrected chi connectivity index (χ3v) is 4.57. The fourth-order valence-corrected chi connectivity index (χ4v) is 3.30. The van der Waals surface area contributed by atoms with Crippen molar-refractivity contribution in [1.82, 2.24) is 9.55 Å². The highest BCUT2D eigenvalue weighted by molar-refractivity contribution is 7.10. The van der Waals surface area contributed by atoms with Crippen molar-refractivity contribution in [2.24, 2.45) is 5.92 Å². The lowest BCUT2D eigenvalue weighted by molar-refractivity contribution is 0.549. The molecule has 0 aliphatic heterocycles. The van der Waals surface area contributed by atoms with E-state index in [9.17, 15) is 4.79 Å². The minimum atomic E-state index is -0.00259. The van der Waals surface area contributed by atoms with Crippen LogP contribution in [-0.2, 0) is 0 Å². The Morgan fingerprint density at radius 3 is 2.85 bits per heavy atom. The van der Waals surface area contributed by atoms with Gasteiger partial charge in [-0.3, -0.25) is 4.79 Å². The van der Waals surface area contributed by atoms with Crippen LogP contribution in [-0.4, -0.2) is 9.55 Å². The number of thiophene rings is 1. The van der Waals surface area contributed by atoms with Crippen LogP contribution in [0.4, 0.5) is 5.82 Å². The molecule has 3 rings (SSSR count). The van der Waals surface area contributed by atoms with Crippen LogP contribution in [0, 0.1) is 5.92 Å². The van der Waals surface area contributed by atoms with E-state index in [-0.39, 0.29) is 11.6 Å². The fourth-order valence-electron chi connectivity index (χ4n) is 2.35. The lowest BCUT2D eigenvalue weighted by Crippen LogP contribution is -2.27. The molecule has 1 atom stereocenters. The van der Waals surface area contributed by atoms with E-state index in [0.29, 0.717) is 17.8 Å². The summed E-state index contributed by atoms with van der Waals surface area (Å²) in [4.78, 5) is 17.9. The first-order valence-electron chi connectivity index (χ1n) is 7.04. The molecule has 1 saturated carbocycles. The van der Waals surface area contributed by atoms with Crippen molar-refractivity contribution < 1.29 is 0 Å². The minimum Gasteiger partial charge on any atom is -0.358 e. The summed E-state index contributed by atoms with van der Waals surface area (Å²) in [6.45, 7) is 4.31. The Morgan fingerprint density at radius 1 is 1.45 bits per heavy atom. The summed E-state index contributed by atoms with van der Waals surface area (Å²) in [5.74, 6) is 0.857. The minimum absolute atomic E-state index is 0.00259. The van der Waals surface area contributed by atoms with Crippen molar-refractivity contribution in [3.63, 3.8) is 0 Å². The van der Waals surface area contributed by atoms with Crippen LogP contribution >= 0.6 is 11.3 Å². The average molecular weight is 289 g/mol. The molecule has 4 nitrogen and oxygen atoms in total. The summed E-state index contributed by atoms with van der Waals surface area (Å²) in [6, 6.07) is 4.65. The van der Waals surface area contributed by atoms with Crippen LogP contribution in [0.5, 0.6) is 0 Å². The second-order valence-corrected chi connectivity index (χ2v) is 6.58. The SMILES string of the molecule is CC(C)C(Nc1nccn(C2CC2)c1=O)c1cccs1. The Morgan fingerprint density at radius 2 is 2.25 bits per heavy atom. The van der Waals surface area contributed by atoms with Crippen molar-refractivity contribution in [3.8, 4) is 0 Å². The zero-order valence-electron chi connectivity index (χ0n) is 11.7. The van der Waals surface area contributed by atoms with Gasteiger partial charge in [-0.1, -0.05) is 19.9 Å². The maximum absolute atomic E-state index is 12.4. The lowest BCUT2D eigenvalue weighted by Gasteiger charge is -2.21. The number of nitrogens with one attached hydrogen (secondary N) is 1. The molecule has 0 amide bonds. The number of aromatic nitrogens is 2. The quantitative estimate of drug-likeness (QED) is 0.917. The first kappa shape index (κ1) is 13.4. The lowest BCUT2D eigenvalue weighted by atomic mass is 10.0. The molecule has 20 heavy (non-hydrogen) atoms. The third-order valence-electron chi connectivity index (χ3n) is 3.62. The van der Waals surface area contributed by atoms with E-state index in [0.717, 1.165) is 12.8 Å². The largest absolute Gasteiger partial charge is 0.358 e. The fraction of sp³-hybridized carbons (Fsp3) is 0.467. The van der Waals surface area contributed by atoms with Crippen LogP contribution < -0.4 is 10.9 Å². The van der Waals surface area contributed by atoms with Gasteiger partial charge in [0.05, 0.1) is 6.04 Å². The van der Waals surface area contributed by atoms with Gasteiger partial charge in [-0.15, -0.1) is 11.3 Å². The molecule has 0 radical (unpaired) electrons. The summed E-state index contributed by atoms with van der Waals surface area (Å²) in [5.41, 5.74) is -0.00259. The highest BCUT2D eigenvalue weighted by atomic mass is 32.1. The standard InChI is InChI=1S/C15H19N3OS/c1-10(2)13(12-4-3-9-20-12)17-14-15(19)18(8-7-16-14)11-5-6-11/h3-4,7-11,13H,5-6H2,1-2H3,(H,16,17). The Bertz CT molecular complexity index is 629. The maximum atomic E-state index is 12.4. The monoisotopic (exact) mass is 289 g/mol. The van der Waals surface area contributed by atoms with Gasteiger partial charge >= 0.3 is 0 Å². The number of anilines is 1. The first-order valence-corrected chi connectivity index (χ1v) is 7.92. The summed E-state index contributed by atoms with van der Waals surface area (Å²) in [5, 5.41) is 5.40. The van der Waals surface area contributed by atoms with Crippen LogP contribution in [0.25, 0.3) is 0 Å². The number of nitrogens with zero attached hydrogens (tertiary/aromatic N) is 2. The molecule has 2 heterocycles. The van der Waals surface area contributed by atoms with E-state index in [1.807, 2.05) is 6.07 Å². The van der Waals surface area contributed by atoms with Gasteiger partial charge in [-0.25, -0.2) is 4.98 Å². The van der Waals surface area contributed by atoms with Gasteiger partial charge in [0, 0.05) is 23.3 Å². The summed E-state index contributed by atoms with van der Waals surface area (Å²) < 4.78 is 1.81. The van der Waals surface area contributed by atoms with Gasteiger partial charge in [-0.05, 0) is 30.2 Å². The molecule has 1 N–H and O–H groups in total. The molecule has 5 heteroatoms. The zero-order chi connectivity index (χ0) is 14.1. The third kappa shape index (κ3) is 2.63. The Hall–Kier alpha value is -1.62. The van der Waals surface area contributed by atoms with Gasteiger partial charge in [0.2, 0.25) is 0 Å². The predicted octanol–water partition coefficient (Wildman–Crippen LogP) is 3.45. The van der Waals surface area contributed by atoms with Crippen LogP contribution in [0.2, 0.25) is 0 Å². The zero-order valence-corrected chi connectivity index (χ0v) is 12.6. The summed E-state index contributed by atoms with van der Waals surface area (Å²) >= 11 is 1.71. The molecule has 0 spiro atoms. The maximum Gasteiger partial charge on any atom is 0.293 e. The van der Waals surface area contributed by atoms with E-state index in [1.54, 1.807) is 28.3 Å². The van der Waals surface area contributed by atoms with E-state index in [2.05, 4.69) is 35.6 Å². The molecular weight excluding hydrogens is 270 g/mol. The Labute approximate surface area is 122 Å². The van der Waals surface area contributed by atoms with E-state index in [1.165, 1.54) is 4.88 Å². The van der Waals surface area contributed by atoms with E-state index < -0.39 is 0 Å². The van der Waals surface area contributed by atoms with Gasteiger partial charge in [0.1, 0.15) is 0 Å². The van der Waals surface area contributed by atoms with Crippen molar-refractivity contribution >= 4 is 17.2 Å². The second kappa shape index (κ2) is 5.40. The topological polar surface area (TPSA) is 46.9 Å². The first-order chi connectivity index (χ1) is 9.66. The number of rotatable bonds is 5. The Balaban J connectivity index is 1.89. The van der Waals surface area contributed by atoms with Gasteiger partial charge < -0.3 is 9.88 Å². The molecule has 0 saturated heterocycles. The summed E-state index contributed by atoms with van der Waals surface area (Å²) in [7, 11) is 0. The van der Waals surface area contributed by atoms with E-state index >= 15 is 0 Å². The second-order valence-electron chi connectivity index (χ2n) is 5.60. The van der Waals surface area contributed by atoms with Gasteiger partial charge in [0.15, 0.2) is 5.82 Å². The van der Waals surface area contributed by atoms with Crippen LogP contribution in [0.3, 0.4) is 0 Å². The molecule has 0 aromatic carbocycles. The van der Waals surface area contributed by atoms with Gasteiger partial charge in [-0.2, -0.15) is 0 Å². The predicted molar refractivity (Wildman–Crippen MR) is 82.3 cm³/mol. The molecule has 1 unspecified atom stereocenters. The molecule has 0 bridgehead atoms. The van der Waals surface area contributed by atoms with Crippen LogP contribution in [0.1, 0.15) is 43.6 Å². The highest BCUT2D eigenvalue weighted by Crippen LogP contribution is 2.33. The molecule has 1 aliphatic rings. The van der Waals surface area contributed by atoms with Crippen LogP contribution in [0.15, 0.2) is 34.7 Å². The molecule has 1 fully saturated rings. The van der Waals surface area contributed by atoms with E-state index in [4.69, 9.17) is 0 Å². The van der Waals surface area contributed by atoms with Crippen molar-refractivity contribution in [1.29, 1.82) is 0 Å². The normalized spacial score (nSPS) is 16.4. The molecule has 2 aromatic rings. The molecule has 1 aliphatic carbocycles. The molecule has 106 valence electrons. The van der Waals surface area contributed by atoms with Gasteiger partial charge in [0.25, 0.3) is 5.56 Å². The smallest absolute Gasteiger partial charge is 0.293 e. The van der Waals surface area contributed by atoms with Crippen molar-refractivity contribution in [2.75, 3.05) is 5.32 Å². The average Bonchev–Trinajstić information content (AvgIpc) is 3.12. The Kier molecular flexibility index (Phi) is 3.61. The highest BCUT2D eigenvalue weighted by Gasteiger charge is 2.26.